The third-order valence-corrected chi connectivity index (χ3v) is 7.48. The zero-order chi connectivity index (χ0) is 24.0. The third kappa shape index (κ3) is 6.44. The van der Waals surface area contributed by atoms with E-state index in [4.69, 9.17) is 16.3 Å². The first-order chi connectivity index (χ1) is 15.7. The molecule has 0 spiro atoms. The minimum atomic E-state index is -3.81. The fourth-order valence-corrected chi connectivity index (χ4v) is 5.16. The van der Waals surface area contributed by atoms with Crippen LogP contribution in [0.5, 0.6) is 0 Å². The number of likely N-dealkylation sites (N-methyl/N-ethyl adjacent to an activating group) is 1. The lowest BCUT2D eigenvalue weighted by Crippen LogP contribution is -2.40. The number of carbonyl (C=O) groups is 2. The van der Waals surface area contributed by atoms with Crippen molar-refractivity contribution in [3.63, 3.8) is 0 Å². The van der Waals surface area contributed by atoms with Crippen LogP contribution in [0, 0.1) is 0 Å². The van der Waals surface area contributed by atoms with Crippen LogP contribution < -0.4 is 10.6 Å². The van der Waals surface area contributed by atoms with Gasteiger partial charge in [0.25, 0.3) is 0 Å². The number of ether oxygens (including phenoxy) is 1. The molecule has 1 aliphatic heterocycles. The third-order valence-electron chi connectivity index (χ3n) is 5.10. The van der Waals surface area contributed by atoms with E-state index in [1.807, 2.05) is 18.2 Å². The molecule has 2 amide bonds. The molecule has 1 heterocycles. The van der Waals surface area contributed by atoms with Gasteiger partial charge in [0.1, 0.15) is 4.90 Å². The molecule has 9 nitrogen and oxygen atoms in total. The van der Waals surface area contributed by atoms with Gasteiger partial charge in [-0.05, 0) is 29.8 Å². The molecule has 1 fully saturated rings. The maximum Gasteiger partial charge on any atom is 0.244 e. The van der Waals surface area contributed by atoms with Gasteiger partial charge in [-0.15, -0.1) is 0 Å². The number of carbonyl (C=O) groups excluding carboxylic acids is 2. The number of morpholine rings is 1. The van der Waals surface area contributed by atoms with Crippen LogP contribution in [0.1, 0.15) is 5.56 Å². The molecule has 1 saturated heterocycles. The van der Waals surface area contributed by atoms with E-state index in [-0.39, 0.29) is 47.8 Å². The van der Waals surface area contributed by atoms with Crippen molar-refractivity contribution in [2.75, 3.05) is 57.6 Å². The van der Waals surface area contributed by atoms with Crippen molar-refractivity contribution < 1.29 is 22.7 Å². The van der Waals surface area contributed by atoms with Crippen molar-refractivity contribution in [1.29, 1.82) is 0 Å². The summed E-state index contributed by atoms with van der Waals surface area (Å²) in [5, 5.41) is 5.81. The Hall–Kier alpha value is -2.66. The number of nitrogens with zero attached hydrogens (tertiary/aromatic N) is 2. The Balaban J connectivity index is 1.67. The molecule has 178 valence electrons. The summed E-state index contributed by atoms with van der Waals surface area (Å²) < 4.78 is 32.5. The lowest BCUT2D eigenvalue weighted by molar-refractivity contribution is -0.127. The summed E-state index contributed by atoms with van der Waals surface area (Å²) in [5.74, 6) is -0.426. The number of amides is 2. The minimum absolute atomic E-state index is 0.0520. The normalized spacial score (nSPS) is 14.5. The first-order valence-electron chi connectivity index (χ1n) is 10.4. The number of sulfonamides is 1. The van der Waals surface area contributed by atoms with Gasteiger partial charge in [-0.2, -0.15) is 4.31 Å². The zero-order valence-electron chi connectivity index (χ0n) is 18.5. The first kappa shape index (κ1) is 25.0. The molecule has 0 bridgehead atoms. The van der Waals surface area contributed by atoms with Gasteiger partial charge in [-0.25, -0.2) is 8.42 Å². The Morgan fingerprint density at radius 2 is 1.82 bits per heavy atom. The molecule has 2 aromatic rings. The van der Waals surface area contributed by atoms with Gasteiger partial charge in [-0.1, -0.05) is 29.8 Å². The quantitative estimate of drug-likeness (QED) is 0.581. The summed E-state index contributed by atoms with van der Waals surface area (Å²) in [6.45, 7) is 1.06. The molecule has 0 aliphatic carbocycles. The molecule has 33 heavy (non-hydrogen) atoms. The van der Waals surface area contributed by atoms with Crippen LogP contribution in [-0.2, 0) is 30.8 Å². The average Bonchev–Trinajstić information content (AvgIpc) is 2.80. The van der Waals surface area contributed by atoms with E-state index >= 15 is 0 Å². The van der Waals surface area contributed by atoms with Gasteiger partial charge < -0.3 is 20.3 Å². The van der Waals surface area contributed by atoms with Gasteiger partial charge >= 0.3 is 0 Å². The standard InChI is InChI=1S/C22H27ClN4O5S/c1-26(2)22(29)13-16-5-3-4-6-19(16)24-15-21(28)25-17-7-8-18(23)20(14-17)33(30,31)27-9-11-32-12-10-27/h3-8,14,24H,9-13,15H2,1-2H3,(H,25,28). The summed E-state index contributed by atoms with van der Waals surface area (Å²) in [7, 11) is -0.440. The monoisotopic (exact) mass is 494 g/mol. The Labute approximate surface area is 198 Å². The van der Waals surface area contributed by atoms with Crippen LogP contribution in [0.25, 0.3) is 0 Å². The first-order valence-corrected chi connectivity index (χ1v) is 12.2. The predicted molar refractivity (Wildman–Crippen MR) is 127 cm³/mol. The van der Waals surface area contributed by atoms with Crippen LogP contribution >= 0.6 is 11.6 Å². The van der Waals surface area contributed by atoms with E-state index in [9.17, 15) is 18.0 Å². The van der Waals surface area contributed by atoms with Gasteiger partial charge in [0.15, 0.2) is 0 Å². The molecule has 0 atom stereocenters. The van der Waals surface area contributed by atoms with Crippen molar-refractivity contribution in [3.8, 4) is 0 Å². The van der Waals surface area contributed by atoms with Gasteiger partial charge in [-0.3, -0.25) is 9.59 Å². The molecular weight excluding hydrogens is 468 g/mol. The van der Waals surface area contributed by atoms with Crippen molar-refractivity contribution >= 4 is 44.8 Å². The van der Waals surface area contributed by atoms with Gasteiger partial charge in [0.2, 0.25) is 21.8 Å². The van der Waals surface area contributed by atoms with E-state index in [0.717, 1.165) is 5.56 Å². The molecule has 11 heteroatoms. The summed E-state index contributed by atoms with van der Waals surface area (Å²) in [4.78, 5) is 26.0. The average molecular weight is 495 g/mol. The summed E-state index contributed by atoms with van der Waals surface area (Å²) in [6, 6.07) is 11.6. The van der Waals surface area contributed by atoms with E-state index in [1.54, 1.807) is 26.2 Å². The highest BCUT2D eigenvalue weighted by atomic mass is 35.5. The Morgan fingerprint density at radius 1 is 1.12 bits per heavy atom. The molecule has 2 aromatic carbocycles. The molecule has 0 aromatic heterocycles. The molecule has 3 rings (SSSR count). The molecule has 2 N–H and O–H groups in total. The van der Waals surface area contributed by atoms with E-state index in [2.05, 4.69) is 10.6 Å². The second-order valence-electron chi connectivity index (χ2n) is 7.69. The highest BCUT2D eigenvalue weighted by molar-refractivity contribution is 7.89. The molecular formula is C22H27ClN4O5S. The summed E-state index contributed by atoms with van der Waals surface area (Å²) in [5.41, 5.74) is 1.76. The van der Waals surface area contributed by atoms with Crippen LogP contribution in [-0.4, -0.2) is 76.4 Å². The number of anilines is 2. The molecule has 0 unspecified atom stereocenters. The Morgan fingerprint density at radius 3 is 2.52 bits per heavy atom. The number of hydrogen-bond donors (Lipinski definition) is 2. The fourth-order valence-electron chi connectivity index (χ4n) is 3.25. The molecule has 1 aliphatic rings. The van der Waals surface area contributed by atoms with Gasteiger partial charge in [0, 0.05) is 38.6 Å². The largest absolute Gasteiger partial charge is 0.379 e. The Bertz CT molecular complexity index is 1120. The van der Waals surface area contributed by atoms with Crippen LogP contribution in [0.2, 0.25) is 5.02 Å². The number of hydrogen-bond acceptors (Lipinski definition) is 6. The highest BCUT2D eigenvalue weighted by Crippen LogP contribution is 2.28. The van der Waals surface area contributed by atoms with E-state index < -0.39 is 10.0 Å². The van der Waals surface area contributed by atoms with Crippen molar-refractivity contribution in [1.82, 2.24) is 9.21 Å². The summed E-state index contributed by atoms with van der Waals surface area (Å²) >= 11 is 6.17. The van der Waals surface area contributed by atoms with Crippen LogP contribution in [0.15, 0.2) is 47.4 Å². The second kappa shape index (κ2) is 11.0. The van der Waals surface area contributed by atoms with Crippen LogP contribution in [0.4, 0.5) is 11.4 Å². The van der Waals surface area contributed by atoms with Crippen LogP contribution in [0.3, 0.4) is 0 Å². The number of halogens is 1. The maximum atomic E-state index is 13.0. The molecule has 0 radical (unpaired) electrons. The number of nitrogens with one attached hydrogen (secondary N) is 2. The second-order valence-corrected chi connectivity index (χ2v) is 10.00. The lowest BCUT2D eigenvalue weighted by atomic mass is 10.1. The minimum Gasteiger partial charge on any atom is -0.379 e. The van der Waals surface area contributed by atoms with Crippen molar-refractivity contribution in [2.24, 2.45) is 0 Å². The lowest BCUT2D eigenvalue weighted by Gasteiger charge is -2.26. The smallest absolute Gasteiger partial charge is 0.244 e. The van der Waals surface area contributed by atoms with E-state index in [1.165, 1.54) is 21.3 Å². The van der Waals surface area contributed by atoms with Gasteiger partial charge in [0.05, 0.1) is 31.2 Å². The molecule has 0 saturated carbocycles. The fraction of sp³-hybridized carbons (Fsp3) is 0.364. The van der Waals surface area contributed by atoms with Crippen molar-refractivity contribution in [3.05, 3.63) is 53.1 Å². The SMILES string of the molecule is CN(C)C(=O)Cc1ccccc1NCC(=O)Nc1ccc(Cl)c(S(=O)(=O)N2CCOCC2)c1. The van der Waals surface area contributed by atoms with E-state index in [0.29, 0.717) is 24.6 Å². The number of para-hydroxylation sites is 1. The predicted octanol–water partition coefficient (Wildman–Crippen LogP) is 2.04. The topological polar surface area (TPSA) is 108 Å². The number of rotatable bonds is 8. The zero-order valence-corrected chi connectivity index (χ0v) is 20.1. The number of benzene rings is 2. The van der Waals surface area contributed by atoms with Crippen molar-refractivity contribution in [2.45, 2.75) is 11.3 Å². The summed E-state index contributed by atoms with van der Waals surface area (Å²) in [6.07, 6.45) is 0.206. The maximum absolute atomic E-state index is 13.0. The Kier molecular flexibility index (Phi) is 8.30. The highest BCUT2D eigenvalue weighted by Gasteiger charge is 2.28.